The number of carbonyl (C=O) groups is 3. The van der Waals surface area contributed by atoms with Gasteiger partial charge in [-0.1, -0.05) is 18.2 Å². The van der Waals surface area contributed by atoms with Gasteiger partial charge in [0.15, 0.2) is 0 Å². The first kappa shape index (κ1) is 18.1. The number of hydrogen-bond acceptors (Lipinski definition) is 4. The summed E-state index contributed by atoms with van der Waals surface area (Å²) in [6.07, 6.45) is 6.26. The van der Waals surface area contributed by atoms with E-state index in [1.165, 1.54) is 4.90 Å². The fourth-order valence-electron chi connectivity index (χ4n) is 6.65. The quantitative estimate of drug-likeness (QED) is 0.553. The first-order chi connectivity index (χ1) is 14.5. The normalized spacial score (nSPS) is 35.7. The second-order valence-corrected chi connectivity index (χ2v) is 9.57. The second-order valence-electron chi connectivity index (χ2n) is 9.57. The van der Waals surface area contributed by atoms with Gasteiger partial charge in [0.05, 0.1) is 11.8 Å². The smallest absolute Gasteiger partial charge is 0.250 e. The molecule has 1 aromatic heterocycles. The molecule has 30 heavy (non-hydrogen) atoms. The third-order valence-corrected chi connectivity index (χ3v) is 7.94. The van der Waals surface area contributed by atoms with E-state index >= 15 is 0 Å². The number of allylic oxidation sites excluding steroid dienone is 2. The standard InChI is InChI=1S/C23H25N3O4/c27-18(6-7-25-22(29)20-14-4-5-15(9-14)21(20)23(25)30)24-10-13-8-16(12-24)17-2-1-3-19(28)26(17)11-13/h1-5,13-16,20-21H,6-12H2/t13-,14+,15+,16+,20-,21+/m1/s1. The Morgan fingerprint density at radius 2 is 1.67 bits per heavy atom. The van der Waals surface area contributed by atoms with Crippen LogP contribution in [0.25, 0.3) is 0 Å². The maximum absolute atomic E-state index is 13.0. The molecule has 0 unspecified atom stereocenters. The summed E-state index contributed by atoms with van der Waals surface area (Å²) in [7, 11) is 0. The van der Waals surface area contributed by atoms with Crippen LogP contribution in [0.3, 0.4) is 0 Å². The molecule has 0 N–H and O–H groups in total. The van der Waals surface area contributed by atoms with Crippen LogP contribution < -0.4 is 5.56 Å². The maximum atomic E-state index is 13.0. The summed E-state index contributed by atoms with van der Waals surface area (Å²) in [5.41, 5.74) is 1.04. The van der Waals surface area contributed by atoms with Crippen molar-refractivity contribution in [2.45, 2.75) is 31.7 Å². The van der Waals surface area contributed by atoms with Gasteiger partial charge in [-0.15, -0.1) is 0 Å². The number of aromatic nitrogens is 1. The molecule has 3 aliphatic heterocycles. The summed E-state index contributed by atoms with van der Waals surface area (Å²) in [6, 6.07) is 5.37. The Balaban J connectivity index is 1.13. The van der Waals surface area contributed by atoms with Crippen molar-refractivity contribution in [2.75, 3.05) is 19.6 Å². The number of carbonyl (C=O) groups excluding carboxylic acids is 3. The number of amides is 3. The minimum absolute atomic E-state index is 0.00446. The summed E-state index contributed by atoms with van der Waals surface area (Å²) < 4.78 is 1.85. The first-order valence-electron chi connectivity index (χ1n) is 11.0. The number of pyridine rings is 1. The van der Waals surface area contributed by atoms with Crippen molar-refractivity contribution < 1.29 is 14.4 Å². The van der Waals surface area contributed by atoms with Crippen LogP contribution in [0.1, 0.15) is 30.9 Å². The third kappa shape index (κ3) is 2.50. The molecule has 4 bridgehead atoms. The van der Waals surface area contributed by atoms with E-state index in [1.54, 1.807) is 12.1 Å². The highest BCUT2D eigenvalue weighted by molar-refractivity contribution is 6.06. The van der Waals surface area contributed by atoms with Crippen LogP contribution >= 0.6 is 0 Å². The van der Waals surface area contributed by atoms with E-state index in [4.69, 9.17) is 0 Å². The highest BCUT2D eigenvalue weighted by atomic mass is 16.2. The van der Waals surface area contributed by atoms with Gasteiger partial charge in [-0.05, 0) is 36.7 Å². The van der Waals surface area contributed by atoms with Gasteiger partial charge in [0.2, 0.25) is 17.7 Å². The molecule has 2 saturated heterocycles. The summed E-state index contributed by atoms with van der Waals surface area (Å²) >= 11 is 0. The van der Waals surface area contributed by atoms with Crippen molar-refractivity contribution in [3.8, 4) is 0 Å². The Hall–Kier alpha value is -2.70. The molecule has 6 rings (SSSR count). The zero-order valence-electron chi connectivity index (χ0n) is 16.8. The number of likely N-dealkylation sites (tertiary alicyclic amines) is 2. The second kappa shape index (κ2) is 6.40. The molecule has 4 heterocycles. The fourth-order valence-corrected chi connectivity index (χ4v) is 6.65. The average Bonchev–Trinajstić information content (AvgIpc) is 3.41. The van der Waals surface area contributed by atoms with Crippen LogP contribution in [0, 0.1) is 29.6 Å². The molecular formula is C23H25N3O4. The fraction of sp³-hybridized carbons (Fsp3) is 0.565. The minimum Gasteiger partial charge on any atom is -0.342 e. The molecule has 3 fully saturated rings. The van der Waals surface area contributed by atoms with E-state index < -0.39 is 0 Å². The minimum atomic E-state index is -0.202. The highest BCUT2D eigenvalue weighted by Crippen LogP contribution is 2.52. The summed E-state index contributed by atoms with van der Waals surface area (Å²) in [5.74, 6) is 0.262. The number of piperidine rings is 1. The van der Waals surface area contributed by atoms with E-state index in [-0.39, 0.29) is 71.8 Å². The Kier molecular flexibility index (Phi) is 3.86. The first-order valence-corrected chi connectivity index (χ1v) is 11.0. The lowest BCUT2D eigenvalue weighted by Crippen LogP contribution is -2.49. The highest BCUT2D eigenvalue weighted by Gasteiger charge is 2.59. The molecule has 0 radical (unpaired) electrons. The summed E-state index contributed by atoms with van der Waals surface area (Å²) in [6.45, 7) is 2.07. The SMILES string of the molecule is O=C(CCN1C(=O)[C@@H]2[C@H](C1=O)[C@H]1C=C[C@H]2C1)N1C[C@H]2C[C@@H](C1)c1cccc(=O)n1C2. The molecule has 0 spiro atoms. The van der Waals surface area contributed by atoms with Crippen molar-refractivity contribution in [3.05, 3.63) is 46.4 Å². The average molecular weight is 407 g/mol. The molecule has 0 aromatic carbocycles. The van der Waals surface area contributed by atoms with Crippen molar-refractivity contribution in [1.29, 1.82) is 0 Å². The Labute approximate surface area is 174 Å². The van der Waals surface area contributed by atoms with Crippen LogP contribution in [0.5, 0.6) is 0 Å². The molecule has 2 aliphatic carbocycles. The lowest BCUT2D eigenvalue weighted by molar-refractivity contribution is -0.142. The van der Waals surface area contributed by atoms with Gasteiger partial charge < -0.3 is 9.47 Å². The van der Waals surface area contributed by atoms with E-state index in [0.717, 1.165) is 18.5 Å². The summed E-state index contributed by atoms with van der Waals surface area (Å²) in [4.78, 5) is 54.0. The van der Waals surface area contributed by atoms with Gasteiger partial charge in [0.25, 0.3) is 5.56 Å². The van der Waals surface area contributed by atoms with E-state index in [2.05, 4.69) is 12.2 Å². The zero-order valence-corrected chi connectivity index (χ0v) is 16.8. The predicted molar refractivity (Wildman–Crippen MR) is 107 cm³/mol. The molecule has 5 aliphatic rings. The number of hydrogen-bond donors (Lipinski definition) is 0. The van der Waals surface area contributed by atoms with Gasteiger partial charge >= 0.3 is 0 Å². The number of nitrogens with zero attached hydrogens (tertiary/aromatic N) is 3. The van der Waals surface area contributed by atoms with Crippen molar-refractivity contribution in [2.24, 2.45) is 29.6 Å². The Morgan fingerprint density at radius 1 is 0.933 bits per heavy atom. The maximum Gasteiger partial charge on any atom is 0.250 e. The van der Waals surface area contributed by atoms with Gasteiger partial charge in [-0.2, -0.15) is 0 Å². The van der Waals surface area contributed by atoms with Gasteiger partial charge in [0.1, 0.15) is 0 Å². The van der Waals surface area contributed by atoms with Crippen molar-refractivity contribution in [3.63, 3.8) is 0 Å². The van der Waals surface area contributed by atoms with Crippen LogP contribution in [0.15, 0.2) is 35.1 Å². The van der Waals surface area contributed by atoms with Crippen LogP contribution in [-0.2, 0) is 20.9 Å². The predicted octanol–water partition coefficient (Wildman–Crippen LogP) is 0.991. The Bertz CT molecular complexity index is 1010. The van der Waals surface area contributed by atoms with Crippen LogP contribution in [0.4, 0.5) is 0 Å². The summed E-state index contributed by atoms with van der Waals surface area (Å²) in [5, 5.41) is 0. The third-order valence-electron chi connectivity index (χ3n) is 7.94. The lowest BCUT2D eigenvalue weighted by Gasteiger charge is -2.42. The number of fused-ring (bicyclic) bond motifs is 9. The topological polar surface area (TPSA) is 79.7 Å². The number of imide groups is 1. The molecule has 7 heteroatoms. The molecule has 1 aromatic rings. The van der Waals surface area contributed by atoms with Crippen LogP contribution in [0.2, 0.25) is 0 Å². The molecule has 1 saturated carbocycles. The molecule has 3 amide bonds. The molecule has 6 atom stereocenters. The lowest BCUT2D eigenvalue weighted by atomic mass is 9.83. The van der Waals surface area contributed by atoms with E-state index in [1.807, 2.05) is 15.5 Å². The van der Waals surface area contributed by atoms with Crippen LogP contribution in [-0.4, -0.2) is 51.7 Å². The monoisotopic (exact) mass is 407 g/mol. The van der Waals surface area contributed by atoms with Crippen molar-refractivity contribution >= 4 is 17.7 Å². The van der Waals surface area contributed by atoms with Gasteiger partial charge in [-0.3, -0.25) is 24.1 Å². The number of rotatable bonds is 3. The van der Waals surface area contributed by atoms with Gasteiger partial charge in [-0.25, -0.2) is 0 Å². The molecule has 156 valence electrons. The van der Waals surface area contributed by atoms with E-state index in [9.17, 15) is 19.2 Å². The molecule has 7 nitrogen and oxygen atoms in total. The van der Waals surface area contributed by atoms with E-state index in [0.29, 0.717) is 19.6 Å². The van der Waals surface area contributed by atoms with Crippen molar-refractivity contribution in [1.82, 2.24) is 14.4 Å². The Morgan fingerprint density at radius 3 is 2.40 bits per heavy atom. The zero-order chi connectivity index (χ0) is 20.6. The van der Waals surface area contributed by atoms with Gasteiger partial charge in [0, 0.05) is 50.3 Å². The molecular weight excluding hydrogens is 382 g/mol. The largest absolute Gasteiger partial charge is 0.342 e.